The lowest BCUT2D eigenvalue weighted by atomic mass is 10.2. The molecule has 0 aliphatic rings. The van der Waals surface area contributed by atoms with Crippen LogP contribution in [0.25, 0.3) is 0 Å². The number of nitrogens with one attached hydrogen (secondary N) is 1. The van der Waals surface area contributed by atoms with Gasteiger partial charge in [0.25, 0.3) is 5.91 Å². The van der Waals surface area contributed by atoms with E-state index in [-0.39, 0.29) is 16.5 Å². The van der Waals surface area contributed by atoms with Gasteiger partial charge in [0.1, 0.15) is 11.0 Å². The molecule has 2 aromatic rings. The Morgan fingerprint density at radius 3 is 2.50 bits per heavy atom. The van der Waals surface area contributed by atoms with Crippen LogP contribution in [0.3, 0.4) is 0 Å². The Morgan fingerprint density at radius 2 is 1.95 bits per heavy atom. The molecular weight excluding hydrogens is 295 g/mol. The highest BCUT2D eigenvalue weighted by atomic mass is 35.5. The average Bonchev–Trinajstić information content (AvgIpc) is 2.38. The molecule has 0 saturated carbocycles. The molecule has 2 rings (SSSR count). The van der Waals surface area contributed by atoms with Crippen LogP contribution in [0.4, 0.5) is 19.0 Å². The molecule has 0 saturated heterocycles. The Kier molecular flexibility index (Phi) is 3.89. The number of anilines is 1. The van der Waals surface area contributed by atoms with Crippen molar-refractivity contribution in [1.82, 2.24) is 9.97 Å². The first-order chi connectivity index (χ1) is 9.36. The average molecular weight is 302 g/mol. The number of hydrogen-bond acceptors (Lipinski definition) is 3. The second-order valence-corrected chi connectivity index (χ2v) is 4.14. The Hall–Kier alpha value is -2.15. The van der Waals surface area contributed by atoms with Crippen LogP contribution >= 0.6 is 11.6 Å². The minimum atomic E-state index is -4.46. The second-order valence-electron chi connectivity index (χ2n) is 3.75. The zero-order valence-electron chi connectivity index (χ0n) is 9.78. The predicted octanol–water partition coefficient (Wildman–Crippen LogP) is 3.40. The number of alkyl halides is 3. The van der Waals surface area contributed by atoms with Crippen molar-refractivity contribution in [1.29, 1.82) is 0 Å². The molecule has 2 aromatic heterocycles. The number of pyridine rings is 2. The highest BCUT2D eigenvalue weighted by Crippen LogP contribution is 2.28. The molecule has 0 aliphatic carbocycles. The highest BCUT2D eigenvalue weighted by Gasteiger charge is 2.30. The van der Waals surface area contributed by atoms with E-state index >= 15 is 0 Å². The van der Waals surface area contributed by atoms with Gasteiger partial charge in [-0.05, 0) is 24.3 Å². The summed E-state index contributed by atoms with van der Waals surface area (Å²) in [5, 5.41) is 2.50. The van der Waals surface area contributed by atoms with Gasteiger partial charge in [-0.15, -0.1) is 0 Å². The fourth-order valence-electron chi connectivity index (χ4n) is 1.37. The Morgan fingerprint density at radius 1 is 1.20 bits per heavy atom. The van der Waals surface area contributed by atoms with Gasteiger partial charge in [-0.2, -0.15) is 13.2 Å². The van der Waals surface area contributed by atoms with E-state index in [4.69, 9.17) is 11.6 Å². The van der Waals surface area contributed by atoms with Crippen molar-refractivity contribution in [2.45, 2.75) is 6.18 Å². The summed E-state index contributed by atoms with van der Waals surface area (Å²) in [5.74, 6) is -0.530. The number of nitrogens with zero attached hydrogens (tertiary/aromatic N) is 2. The number of hydrogen-bond donors (Lipinski definition) is 1. The van der Waals surface area contributed by atoms with E-state index in [9.17, 15) is 18.0 Å². The van der Waals surface area contributed by atoms with Crippen LogP contribution in [0.1, 0.15) is 15.9 Å². The smallest absolute Gasteiger partial charge is 0.307 e. The van der Waals surface area contributed by atoms with Crippen LogP contribution in [0.5, 0.6) is 0 Å². The fourth-order valence-corrected chi connectivity index (χ4v) is 1.54. The summed E-state index contributed by atoms with van der Waals surface area (Å²) in [7, 11) is 0. The maximum absolute atomic E-state index is 12.3. The molecule has 0 radical (unpaired) electrons. The standard InChI is InChI=1S/C12H7ClF3N3O/c13-9-5-7(3-4-17-9)11(20)19-10-2-1-8(6-18-10)12(14,15)16/h1-6H,(H,18,19,20). The molecule has 2 heterocycles. The van der Waals surface area contributed by atoms with Crippen molar-refractivity contribution in [3.8, 4) is 0 Å². The van der Waals surface area contributed by atoms with Crippen molar-refractivity contribution in [3.63, 3.8) is 0 Å². The molecule has 0 atom stereocenters. The van der Waals surface area contributed by atoms with Crippen molar-refractivity contribution < 1.29 is 18.0 Å². The largest absolute Gasteiger partial charge is 0.417 e. The van der Waals surface area contributed by atoms with Gasteiger partial charge in [-0.1, -0.05) is 11.6 Å². The molecule has 0 unspecified atom stereocenters. The minimum absolute atomic E-state index is 0.0101. The number of carbonyl (C=O) groups is 1. The number of carbonyl (C=O) groups excluding carboxylic acids is 1. The van der Waals surface area contributed by atoms with Gasteiger partial charge in [0.2, 0.25) is 0 Å². The van der Waals surface area contributed by atoms with Crippen molar-refractivity contribution >= 4 is 23.3 Å². The third-order valence-corrected chi connectivity index (χ3v) is 2.53. The second kappa shape index (κ2) is 5.46. The number of rotatable bonds is 2. The number of aromatic nitrogens is 2. The van der Waals surface area contributed by atoms with Gasteiger partial charge in [0.15, 0.2) is 0 Å². The van der Waals surface area contributed by atoms with Crippen LogP contribution in [0.15, 0.2) is 36.7 Å². The molecule has 4 nitrogen and oxygen atoms in total. The normalized spacial score (nSPS) is 11.2. The molecule has 1 N–H and O–H groups in total. The van der Waals surface area contributed by atoms with Crippen LogP contribution < -0.4 is 5.32 Å². The van der Waals surface area contributed by atoms with Gasteiger partial charge >= 0.3 is 6.18 Å². The highest BCUT2D eigenvalue weighted by molar-refractivity contribution is 6.29. The van der Waals surface area contributed by atoms with E-state index in [1.165, 1.54) is 18.3 Å². The topological polar surface area (TPSA) is 54.9 Å². The van der Waals surface area contributed by atoms with Gasteiger partial charge in [0, 0.05) is 18.0 Å². The van der Waals surface area contributed by atoms with E-state index in [1.54, 1.807) is 0 Å². The molecule has 0 fully saturated rings. The van der Waals surface area contributed by atoms with Crippen LogP contribution in [-0.2, 0) is 6.18 Å². The van der Waals surface area contributed by atoms with E-state index in [0.29, 0.717) is 6.20 Å². The SMILES string of the molecule is O=C(Nc1ccc(C(F)(F)F)cn1)c1ccnc(Cl)c1. The van der Waals surface area contributed by atoms with E-state index in [2.05, 4.69) is 15.3 Å². The lowest BCUT2D eigenvalue weighted by molar-refractivity contribution is -0.137. The molecule has 8 heteroatoms. The fraction of sp³-hybridized carbons (Fsp3) is 0.0833. The van der Waals surface area contributed by atoms with Crippen molar-refractivity contribution in [3.05, 3.63) is 52.9 Å². The van der Waals surface area contributed by atoms with Gasteiger partial charge in [0.05, 0.1) is 5.56 Å². The monoisotopic (exact) mass is 301 g/mol. The van der Waals surface area contributed by atoms with E-state index < -0.39 is 17.6 Å². The number of halogens is 4. The zero-order chi connectivity index (χ0) is 14.8. The van der Waals surface area contributed by atoms with Crippen LogP contribution in [-0.4, -0.2) is 15.9 Å². The Labute approximate surface area is 116 Å². The molecule has 1 amide bonds. The van der Waals surface area contributed by atoms with Gasteiger partial charge < -0.3 is 5.32 Å². The van der Waals surface area contributed by atoms with Crippen LogP contribution in [0.2, 0.25) is 5.15 Å². The maximum atomic E-state index is 12.3. The summed E-state index contributed by atoms with van der Waals surface area (Å²) in [5.41, 5.74) is -0.658. The van der Waals surface area contributed by atoms with Crippen LogP contribution in [0, 0.1) is 0 Å². The van der Waals surface area contributed by atoms with E-state index in [1.807, 2.05) is 0 Å². The van der Waals surface area contributed by atoms with Crippen molar-refractivity contribution in [2.24, 2.45) is 0 Å². The minimum Gasteiger partial charge on any atom is -0.307 e. The summed E-state index contributed by atoms with van der Waals surface area (Å²) in [6.45, 7) is 0. The molecular formula is C12H7ClF3N3O. The number of amides is 1. The Bertz CT molecular complexity index is 629. The Balaban J connectivity index is 2.12. The summed E-state index contributed by atoms with van der Waals surface area (Å²) in [6, 6.07) is 4.66. The van der Waals surface area contributed by atoms with Gasteiger partial charge in [-0.3, -0.25) is 4.79 Å². The quantitative estimate of drug-likeness (QED) is 0.865. The molecule has 0 aromatic carbocycles. The molecule has 0 aliphatic heterocycles. The zero-order valence-corrected chi connectivity index (χ0v) is 10.5. The first-order valence-electron chi connectivity index (χ1n) is 5.32. The maximum Gasteiger partial charge on any atom is 0.417 e. The summed E-state index contributed by atoms with van der Waals surface area (Å²) >= 11 is 5.63. The molecule has 20 heavy (non-hydrogen) atoms. The molecule has 0 bridgehead atoms. The third-order valence-electron chi connectivity index (χ3n) is 2.32. The summed E-state index contributed by atoms with van der Waals surface area (Å²) in [6.07, 6.45) is -2.47. The first kappa shape index (κ1) is 14.3. The third kappa shape index (κ3) is 3.45. The van der Waals surface area contributed by atoms with E-state index in [0.717, 1.165) is 12.1 Å². The molecule has 104 valence electrons. The van der Waals surface area contributed by atoms with Crippen molar-refractivity contribution in [2.75, 3.05) is 5.32 Å². The summed E-state index contributed by atoms with van der Waals surface area (Å²) in [4.78, 5) is 19.0. The first-order valence-corrected chi connectivity index (χ1v) is 5.70. The lowest BCUT2D eigenvalue weighted by Gasteiger charge is -2.08. The lowest BCUT2D eigenvalue weighted by Crippen LogP contribution is -2.13. The summed E-state index contributed by atoms with van der Waals surface area (Å²) < 4.78 is 37.0. The molecule has 0 spiro atoms. The van der Waals surface area contributed by atoms with Gasteiger partial charge in [-0.25, -0.2) is 9.97 Å². The predicted molar refractivity (Wildman–Crippen MR) is 66.4 cm³/mol.